The van der Waals surface area contributed by atoms with Crippen LogP contribution < -0.4 is 0 Å². The molecule has 0 saturated carbocycles. The van der Waals surface area contributed by atoms with Crippen LogP contribution in [-0.2, 0) is 4.79 Å². The largest absolute Gasteiger partial charge is 0.389 e. The van der Waals surface area contributed by atoms with Gasteiger partial charge in [-0.1, -0.05) is 23.7 Å². The Morgan fingerprint density at radius 1 is 1.24 bits per heavy atom. The molecule has 1 saturated heterocycles. The van der Waals surface area contributed by atoms with Crippen molar-refractivity contribution in [3.8, 4) is 0 Å². The molecule has 1 aromatic rings. The molecule has 1 aliphatic heterocycles. The van der Waals surface area contributed by atoms with E-state index in [-0.39, 0.29) is 24.9 Å². The summed E-state index contributed by atoms with van der Waals surface area (Å²) in [5.41, 5.74) is 1.26. The number of rotatable bonds is 1. The van der Waals surface area contributed by atoms with Crippen LogP contribution in [0.15, 0.2) is 18.2 Å². The summed E-state index contributed by atoms with van der Waals surface area (Å²) < 4.78 is 0. The molecule has 0 radical (unpaired) electrons. The van der Waals surface area contributed by atoms with Gasteiger partial charge in [0, 0.05) is 33.1 Å². The fourth-order valence-electron chi connectivity index (χ4n) is 2.52. The lowest BCUT2D eigenvalue weighted by Crippen LogP contribution is -2.38. The number of carbonyl (C=O) groups is 2. The zero-order chi connectivity index (χ0) is 15.6. The molecule has 0 spiro atoms. The van der Waals surface area contributed by atoms with Gasteiger partial charge in [-0.2, -0.15) is 0 Å². The number of nitrogens with zero attached hydrogens (tertiary/aromatic N) is 2. The molecule has 0 aromatic heterocycles. The summed E-state index contributed by atoms with van der Waals surface area (Å²) in [6.07, 6.45) is -0.747. The van der Waals surface area contributed by atoms with Crippen molar-refractivity contribution in [3.05, 3.63) is 34.3 Å². The van der Waals surface area contributed by atoms with Crippen molar-refractivity contribution in [1.29, 1.82) is 0 Å². The minimum absolute atomic E-state index is 0.0997. The van der Waals surface area contributed by atoms with Gasteiger partial charge in [0.25, 0.3) is 5.91 Å². The van der Waals surface area contributed by atoms with E-state index >= 15 is 0 Å². The van der Waals surface area contributed by atoms with Crippen molar-refractivity contribution in [2.75, 3.05) is 26.2 Å². The van der Waals surface area contributed by atoms with Crippen LogP contribution >= 0.6 is 11.6 Å². The maximum Gasteiger partial charge on any atom is 0.255 e. The highest BCUT2D eigenvalue weighted by Crippen LogP contribution is 2.22. The number of halogens is 1. The van der Waals surface area contributed by atoms with Gasteiger partial charge in [-0.15, -0.1) is 0 Å². The first kappa shape index (κ1) is 15.8. The molecule has 2 amide bonds. The third-order valence-corrected chi connectivity index (χ3v) is 3.99. The molecule has 1 aromatic carbocycles. The number of aryl methyl sites for hydroxylation is 1. The van der Waals surface area contributed by atoms with Gasteiger partial charge < -0.3 is 14.9 Å². The maximum absolute atomic E-state index is 12.6. The quantitative estimate of drug-likeness (QED) is 0.851. The smallest absolute Gasteiger partial charge is 0.255 e. The predicted molar refractivity (Wildman–Crippen MR) is 80.4 cm³/mol. The molecule has 1 fully saturated rings. The van der Waals surface area contributed by atoms with Crippen molar-refractivity contribution in [1.82, 2.24) is 9.80 Å². The molecule has 5 nitrogen and oxygen atoms in total. The molecule has 1 unspecified atom stereocenters. The van der Waals surface area contributed by atoms with E-state index in [1.165, 1.54) is 6.92 Å². The zero-order valence-corrected chi connectivity index (χ0v) is 12.9. The van der Waals surface area contributed by atoms with Gasteiger partial charge in [-0.25, -0.2) is 0 Å². The standard InChI is InChI=1S/C15H19ClN2O3/c1-10-4-3-5-13(16)14(10)15(21)18-7-6-17(11(2)19)8-12(20)9-18/h3-5,12,20H,6-9H2,1-2H3. The topological polar surface area (TPSA) is 60.9 Å². The first-order valence-electron chi connectivity index (χ1n) is 6.88. The average Bonchev–Trinajstić information content (AvgIpc) is 2.60. The lowest BCUT2D eigenvalue weighted by Gasteiger charge is -2.23. The van der Waals surface area contributed by atoms with Crippen LogP contribution in [-0.4, -0.2) is 59.0 Å². The van der Waals surface area contributed by atoms with Crippen LogP contribution in [0.3, 0.4) is 0 Å². The average molecular weight is 311 g/mol. The van der Waals surface area contributed by atoms with E-state index < -0.39 is 6.10 Å². The number of aliphatic hydroxyl groups is 1. The summed E-state index contributed by atoms with van der Waals surface area (Å²) in [6, 6.07) is 5.30. The SMILES string of the molecule is CC(=O)N1CCN(C(=O)c2c(C)cccc2Cl)CC(O)C1. The Balaban J connectivity index is 2.21. The highest BCUT2D eigenvalue weighted by molar-refractivity contribution is 6.34. The minimum atomic E-state index is -0.747. The first-order chi connectivity index (χ1) is 9.90. The van der Waals surface area contributed by atoms with E-state index in [9.17, 15) is 14.7 Å². The molecule has 0 aliphatic carbocycles. The summed E-state index contributed by atoms with van der Waals surface area (Å²) >= 11 is 6.13. The number of hydrogen-bond acceptors (Lipinski definition) is 3. The molecular formula is C15H19ClN2O3. The van der Waals surface area contributed by atoms with Crippen molar-refractivity contribution < 1.29 is 14.7 Å². The first-order valence-corrected chi connectivity index (χ1v) is 7.26. The van der Waals surface area contributed by atoms with E-state index in [2.05, 4.69) is 0 Å². The van der Waals surface area contributed by atoms with Crippen LogP contribution in [0.25, 0.3) is 0 Å². The molecule has 6 heteroatoms. The molecule has 1 aliphatic rings. The molecule has 1 N–H and O–H groups in total. The van der Waals surface area contributed by atoms with E-state index in [0.717, 1.165) is 5.56 Å². The second-order valence-corrected chi connectivity index (χ2v) is 5.71. The van der Waals surface area contributed by atoms with Crippen molar-refractivity contribution in [2.24, 2.45) is 0 Å². The second kappa shape index (κ2) is 6.45. The number of amides is 2. The highest BCUT2D eigenvalue weighted by atomic mass is 35.5. The molecule has 21 heavy (non-hydrogen) atoms. The van der Waals surface area contributed by atoms with Gasteiger partial charge >= 0.3 is 0 Å². The summed E-state index contributed by atoms with van der Waals surface area (Å²) in [7, 11) is 0. The predicted octanol–water partition coefficient (Wildman–Crippen LogP) is 1.31. The van der Waals surface area contributed by atoms with E-state index in [0.29, 0.717) is 23.7 Å². The van der Waals surface area contributed by atoms with Crippen LogP contribution in [0.2, 0.25) is 5.02 Å². The summed E-state index contributed by atoms with van der Waals surface area (Å²) in [5.74, 6) is -0.306. The van der Waals surface area contributed by atoms with Gasteiger partial charge in [0.2, 0.25) is 5.91 Å². The van der Waals surface area contributed by atoms with Crippen molar-refractivity contribution >= 4 is 23.4 Å². The van der Waals surface area contributed by atoms with Gasteiger partial charge in [-0.3, -0.25) is 9.59 Å². The molecule has 2 rings (SSSR count). The molecule has 114 valence electrons. The number of hydrogen-bond donors (Lipinski definition) is 1. The van der Waals surface area contributed by atoms with Crippen LogP contribution in [0, 0.1) is 6.92 Å². The third kappa shape index (κ3) is 3.54. The summed E-state index contributed by atoms with van der Waals surface area (Å²) in [6.45, 7) is 4.55. The molecule has 0 bridgehead atoms. The van der Waals surface area contributed by atoms with E-state index in [4.69, 9.17) is 11.6 Å². The highest BCUT2D eigenvalue weighted by Gasteiger charge is 2.27. The Morgan fingerprint density at radius 2 is 1.86 bits per heavy atom. The van der Waals surface area contributed by atoms with Gasteiger partial charge in [0.05, 0.1) is 16.7 Å². The Bertz CT molecular complexity index is 542. The fourth-order valence-corrected chi connectivity index (χ4v) is 2.82. The fraction of sp³-hybridized carbons (Fsp3) is 0.467. The lowest BCUT2D eigenvalue weighted by molar-refractivity contribution is -0.129. The van der Waals surface area contributed by atoms with E-state index in [1.807, 2.05) is 13.0 Å². The third-order valence-electron chi connectivity index (χ3n) is 3.67. The Kier molecular flexibility index (Phi) is 4.85. The molecule has 1 atom stereocenters. The van der Waals surface area contributed by atoms with Crippen molar-refractivity contribution in [3.63, 3.8) is 0 Å². The van der Waals surface area contributed by atoms with Crippen LogP contribution in [0.1, 0.15) is 22.8 Å². The van der Waals surface area contributed by atoms with Gasteiger partial charge in [0.15, 0.2) is 0 Å². The summed E-state index contributed by atoms with van der Waals surface area (Å²) in [4.78, 5) is 27.2. The normalized spacial score (nSPS) is 19.3. The zero-order valence-electron chi connectivity index (χ0n) is 12.2. The number of carbonyl (C=O) groups excluding carboxylic acids is 2. The number of benzene rings is 1. The Labute approximate surface area is 129 Å². The van der Waals surface area contributed by atoms with Crippen LogP contribution in [0.5, 0.6) is 0 Å². The van der Waals surface area contributed by atoms with Gasteiger partial charge in [0.1, 0.15) is 0 Å². The Morgan fingerprint density at radius 3 is 2.48 bits per heavy atom. The monoisotopic (exact) mass is 310 g/mol. The number of aliphatic hydroxyl groups excluding tert-OH is 1. The Hall–Kier alpha value is -1.59. The maximum atomic E-state index is 12.6. The van der Waals surface area contributed by atoms with Crippen molar-refractivity contribution in [2.45, 2.75) is 20.0 Å². The number of β-amino-alcohol motifs (C(OH)–C–C–N with tert-alkyl or cyclic N) is 1. The second-order valence-electron chi connectivity index (χ2n) is 5.30. The van der Waals surface area contributed by atoms with Crippen LogP contribution in [0.4, 0.5) is 0 Å². The minimum Gasteiger partial charge on any atom is -0.389 e. The summed E-state index contributed by atoms with van der Waals surface area (Å²) in [5, 5.41) is 10.4. The molecule has 1 heterocycles. The lowest BCUT2D eigenvalue weighted by atomic mass is 10.1. The van der Waals surface area contributed by atoms with E-state index in [1.54, 1.807) is 21.9 Å². The van der Waals surface area contributed by atoms with Gasteiger partial charge in [-0.05, 0) is 18.6 Å². The molecular weight excluding hydrogens is 292 g/mol.